The average molecular weight is 409 g/mol. The number of thioether (sulfide) groups is 1. The summed E-state index contributed by atoms with van der Waals surface area (Å²) >= 11 is 1.65. The summed E-state index contributed by atoms with van der Waals surface area (Å²) in [4.78, 5) is 26.1. The Morgan fingerprint density at radius 1 is 1.37 bits per heavy atom. The first kappa shape index (κ1) is 21.5. The topological polar surface area (TPSA) is 71.3 Å². The van der Waals surface area contributed by atoms with Crippen LogP contribution in [0.5, 0.6) is 0 Å². The Kier molecular flexibility index (Phi) is 7.95. The minimum Gasteiger partial charge on any atom is -0.427 e. The Morgan fingerprint density at radius 2 is 2.19 bits per heavy atom. The lowest BCUT2D eigenvalue weighted by atomic mass is 9.95. The van der Waals surface area contributed by atoms with Gasteiger partial charge in [-0.15, -0.1) is 24.2 Å². The third kappa shape index (κ3) is 5.37. The first-order valence-corrected chi connectivity index (χ1v) is 10.1. The predicted octanol–water partition coefficient (Wildman–Crippen LogP) is 3.49. The molecule has 146 valence electrons. The van der Waals surface area contributed by atoms with E-state index in [4.69, 9.17) is 4.42 Å². The van der Waals surface area contributed by atoms with Gasteiger partial charge in [0.2, 0.25) is 0 Å². The number of carbonyl (C=O) groups excluding carboxylic acids is 1. The van der Waals surface area contributed by atoms with Gasteiger partial charge in [-0.1, -0.05) is 12.1 Å². The fraction of sp³-hybridized carbons (Fsp3) is 0.400. The van der Waals surface area contributed by atoms with Crippen molar-refractivity contribution in [3.8, 4) is 0 Å². The molecule has 7 heteroatoms. The molecule has 0 saturated carbocycles. The molecule has 2 heterocycles. The number of benzene rings is 1. The highest BCUT2D eigenvalue weighted by Crippen LogP contribution is 2.23. The minimum absolute atomic E-state index is 0. The Hall–Kier alpha value is -1.76. The lowest BCUT2D eigenvalue weighted by Gasteiger charge is -2.22. The van der Waals surface area contributed by atoms with E-state index in [2.05, 4.69) is 10.6 Å². The molecule has 1 aromatic carbocycles. The van der Waals surface area contributed by atoms with Gasteiger partial charge in [0.25, 0.3) is 5.91 Å². The SMILES string of the molecule is CSc1cccc(CNC(=O)c2c(C)cc(C3CCCNC3)oc2=O)c1.Cl. The maximum Gasteiger partial charge on any atom is 0.349 e. The Morgan fingerprint density at radius 3 is 2.85 bits per heavy atom. The molecule has 1 aliphatic heterocycles. The molecule has 2 N–H and O–H groups in total. The lowest BCUT2D eigenvalue weighted by Crippen LogP contribution is -2.31. The molecule has 1 amide bonds. The Labute approximate surface area is 169 Å². The summed E-state index contributed by atoms with van der Waals surface area (Å²) in [5.74, 6) is 0.476. The van der Waals surface area contributed by atoms with E-state index in [0.717, 1.165) is 36.4 Å². The smallest absolute Gasteiger partial charge is 0.349 e. The van der Waals surface area contributed by atoms with Gasteiger partial charge >= 0.3 is 5.63 Å². The van der Waals surface area contributed by atoms with Gasteiger partial charge in [-0.2, -0.15) is 0 Å². The largest absolute Gasteiger partial charge is 0.427 e. The van der Waals surface area contributed by atoms with Crippen molar-refractivity contribution in [1.29, 1.82) is 0 Å². The fourth-order valence-corrected chi connectivity index (χ4v) is 3.74. The van der Waals surface area contributed by atoms with Crippen LogP contribution in [0.2, 0.25) is 0 Å². The zero-order chi connectivity index (χ0) is 18.5. The van der Waals surface area contributed by atoms with Gasteiger partial charge in [0.05, 0.1) is 0 Å². The highest BCUT2D eigenvalue weighted by Gasteiger charge is 2.22. The fourth-order valence-electron chi connectivity index (χ4n) is 3.25. The van der Waals surface area contributed by atoms with Crippen molar-refractivity contribution in [2.75, 3.05) is 19.3 Å². The first-order valence-electron chi connectivity index (χ1n) is 8.85. The molecule has 2 aromatic rings. The van der Waals surface area contributed by atoms with Crippen molar-refractivity contribution in [3.63, 3.8) is 0 Å². The Bertz CT molecular complexity index is 847. The summed E-state index contributed by atoms with van der Waals surface area (Å²) in [5.41, 5.74) is 1.20. The van der Waals surface area contributed by atoms with E-state index in [1.54, 1.807) is 18.7 Å². The number of hydrogen-bond donors (Lipinski definition) is 2. The summed E-state index contributed by atoms with van der Waals surface area (Å²) in [6.45, 7) is 3.97. The van der Waals surface area contributed by atoms with Crippen LogP contribution in [0.1, 0.15) is 46.0 Å². The number of halogens is 1. The van der Waals surface area contributed by atoms with Gasteiger partial charge in [0.1, 0.15) is 11.3 Å². The van der Waals surface area contributed by atoms with Crippen LogP contribution in [0.25, 0.3) is 0 Å². The van der Waals surface area contributed by atoms with Crippen LogP contribution in [0.3, 0.4) is 0 Å². The van der Waals surface area contributed by atoms with E-state index < -0.39 is 5.63 Å². The number of aryl methyl sites for hydroxylation is 1. The molecule has 1 aromatic heterocycles. The van der Waals surface area contributed by atoms with Gasteiger partial charge in [0.15, 0.2) is 0 Å². The van der Waals surface area contributed by atoms with E-state index in [9.17, 15) is 9.59 Å². The second-order valence-corrected chi connectivity index (χ2v) is 7.45. The molecule has 1 saturated heterocycles. The standard InChI is InChI=1S/C20H24N2O3S.ClH/c1-13-9-17(15-6-4-8-21-12-15)25-20(24)18(13)19(23)22-11-14-5-3-7-16(10-14)26-2;/h3,5,7,9-10,15,21H,4,6,8,11-12H2,1-2H3,(H,22,23);1H. The van der Waals surface area contributed by atoms with E-state index >= 15 is 0 Å². The summed E-state index contributed by atoms with van der Waals surface area (Å²) in [6, 6.07) is 9.80. The minimum atomic E-state index is -0.555. The maximum absolute atomic E-state index is 12.5. The first-order chi connectivity index (χ1) is 12.6. The van der Waals surface area contributed by atoms with Gasteiger partial charge in [-0.25, -0.2) is 4.79 Å². The third-order valence-corrected chi connectivity index (χ3v) is 5.41. The molecule has 0 spiro atoms. The van der Waals surface area contributed by atoms with E-state index in [1.807, 2.05) is 36.6 Å². The van der Waals surface area contributed by atoms with Crippen LogP contribution >= 0.6 is 24.2 Å². The maximum atomic E-state index is 12.5. The number of amides is 1. The quantitative estimate of drug-likeness (QED) is 0.741. The second kappa shape index (κ2) is 9.97. The number of carbonyl (C=O) groups is 1. The monoisotopic (exact) mass is 408 g/mol. The molecule has 0 bridgehead atoms. The normalized spacial score (nSPS) is 16.4. The molecule has 0 aliphatic carbocycles. The number of nitrogens with one attached hydrogen (secondary N) is 2. The second-order valence-electron chi connectivity index (χ2n) is 6.57. The summed E-state index contributed by atoms with van der Waals surface area (Å²) in [7, 11) is 0. The lowest BCUT2D eigenvalue weighted by molar-refractivity contribution is 0.0945. The van der Waals surface area contributed by atoms with Gasteiger partial charge < -0.3 is 15.1 Å². The van der Waals surface area contributed by atoms with Gasteiger partial charge in [-0.05, 0) is 61.9 Å². The van der Waals surface area contributed by atoms with Crippen molar-refractivity contribution in [3.05, 3.63) is 63.2 Å². The molecule has 1 aliphatic rings. The van der Waals surface area contributed by atoms with Crippen LogP contribution in [0.4, 0.5) is 0 Å². The van der Waals surface area contributed by atoms with Crippen molar-refractivity contribution in [2.24, 2.45) is 0 Å². The van der Waals surface area contributed by atoms with Crippen LogP contribution in [-0.2, 0) is 6.54 Å². The van der Waals surface area contributed by atoms with Crippen LogP contribution in [0, 0.1) is 6.92 Å². The molecular formula is C20H25ClN2O3S. The Balaban J connectivity index is 0.00000261. The van der Waals surface area contributed by atoms with Gasteiger partial charge in [0, 0.05) is 23.9 Å². The average Bonchev–Trinajstić information content (AvgIpc) is 2.66. The predicted molar refractivity (Wildman–Crippen MR) is 111 cm³/mol. The van der Waals surface area contributed by atoms with Crippen LogP contribution < -0.4 is 16.3 Å². The van der Waals surface area contributed by atoms with Crippen molar-refractivity contribution < 1.29 is 9.21 Å². The van der Waals surface area contributed by atoms with Crippen molar-refractivity contribution >= 4 is 30.1 Å². The number of piperidine rings is 1. The highest BCUT2D eigenvalue weighted by atomic mass is 35.5. The third-order valence-electron chi connectivity index (χ3n) is 4.68. The number of hydrogen-bond acceptors (Lipinski definition) is 5. The summed E-state index contributed by atoms with van der Waals surface area (Å²) < 4.78 is 5.48. The highest BCUT2D eigenvalue weighted by molar-refractivity contribution is 7.98. The molecule has 5 nitrogen and oxygen atoms in total. The zero-order valence-electron chi connectivity index (χ0n) is 15.5. The summed E-state index contributed by atoms with van der Waals surface area (Å²) in [6.07, 6.45) is 4.06. The van der Waals surface area contributed by atoms with Gasteiger partial charge in [-0.3, -0.25) is 4.79 Å². The molecule has 27 heavy (non-hydrogen) atoms. The molecule has 0 radical (unpaired) electrons. The van der Waals surface area contributed by atoms with E-state index in [1.165, 1.54) is 0 Å². The zero-order valence-corrected chi connectivity index (χ0v) is 17.2. The molecule has 3 rings (SSSR count). The van der Waals surface area contributed by atoms with Crippen LogP contribution in [0.15, 0.2) is 44.4 Å². The van der Waals surface area contributed by atoms with Crippen molar-refractivity contribution in [1.82, 2.24) is 10.6 Å². The molecular weight excluding hydrogens is 384 g/mol. The molecule has 1 atom stereocenters. The van der Waals surface area contributed by atoms with E-state index in [0.29, 0.717) is 17.9 Å². The number of rotatable bonds is 5. The molecule has 1 fully saturated rings. The summed E-state index contributed by atoms with van der Waals surface area (Å²) in [5, 5.41) is 6.14. The van der Waals surface area contributed by atoms with E-state index in [-0.39, 0.29) is 29.8 Å². The van der Waals surface area contributed by atoms with Crippen molar-refractivity contribution in [2.45, 2.75) is 37.1 Å². The van der Waals surface area contributed by atoms with Crippen LogP contribution in [-0.4, -0.2) is 25.3 Å². The molecule has 1 unspecified atom stereocenters.